The highest BCUT2D eigenvalue weighted by Gasteiger charge is 2.21. The zero-order chi connectivity index (χ0) is 15.9. The number of halogens is 1. The molecule has 5 nitrogen and oxygen atoms in total. The number of piperazine rings is 1. The van der Waals surface area contributed by atoms with Crippen molar-refractivity contribution in [1.82, 2.24) is 15.1 Å². The first-order valence-corrected chi connectivity index (χ1v) is 7.64. The Labute approximate surface area is 131 Å². The standard InChI is InChI=1S/C16H24FN3O2/c1-13-11-18-7-8-20(13)12-16(21)19(2)9-10-22-15-6-4-3-5-14(15)17/h3-6,13,18H,7-12H2,1-2H3/t13-/m0/s1. The molecule has 1 fully saturated rings. The number of hydrogen-bond donors (Lipinski definition) is 1. The van der Waals surface area contributed by atoms with Crippen LogP contribution in [0.15, 0.2) is 24.3 Å². The molecule has 1 aliphatic rings. The SMILES string of the molecule is C[C@H]1CNCCN1CC(=O)N(C)CCOc1ccccc1F. The molecule has 0 saturated carbocycles. The summed E-state index contributed by atoms with van der Waals surface area (Å²) in [4.78, 5) is 16.0. The molecule has 22 heavy (non-hydrogen) atoms. The molecule has 6 heteroatoms. The van der Waals surface area contributed by atoms with Crippen LogP contribution in [0.3, 0.4) is 0 Å². The largest absolute Gasteiger partial charge is 0.489 e. The maximum Gasteiger partial charge on any atom is 0.236 e. The third kappa shape index (κ3) is 4.68. The molecule has 1 aliphatic heterocycles. The fourth-order valence-electron chi connectivity index (χ4n) is 2.39. The highest BCUT2D eigenvalue weighted by Crippen LogP contribution is 2.15. The fraction of sp³-hybridized carbons (Fsp3) is 0.562. The summed E-state index contributed by atoms with van der Waals surface area (Å²) in [5.74, 6) is -0.101. The lowest BCUT2D eigenvalue weighted by molar-refractivity contribution is -0.132. The Kier molecular flexibility index (Phi) is 6.15. The summed E-state index contributed by atoms with van der Waals surface area (Å²) in [5.41, 5.74) is 0. The van der Waals surface area contributed by atoms with Crippen LogP contribution < -0.4 is 10.1 Å². The van der Waals surface area contributed by atoms with E-state index < -0.39 is 0 Å². The quantitative estimate of drug-likeness (QED) is 0.850. The zero-order valence-electron chi connectivity index (χ0n) is 13.2. The second-order valence-corrected chi connectivity index (χ2v) is 5.62. The van der Waals surface area contributed by atoms with Gasteiger partial charge in [-0.2, -0.15) is 0 Å². The number of carbonyl (C=O) groups is 1. The Morgan fingerprint density at radius 3 is 3.00 bits per heavy atom. The number of ether oxygens (including phenoxy) is 1. The van der Waals surface area contributed by atoms with Crippen molar-refractivity contribution < 1.29 is 13.9 Å². The van der Waals surface area contributed by atoms with Gasteiger partial charge in [0.25, 0.3) is 0 Å². The van der Waals surface area contributed by atoms with Gasteiger partial charge in [0, 0.05) is 32.7 Å². The molecule has 0 radical (unpaired) electrons. The van der Waals surface area contributed by atoms with Crippen molar-refractivity contribution >= 4 is 5.91 Å². The Hall–Kier alpha value is -1.66. The van der Waals surface area contributed by atoms with E-state index in [0.717, 1.165) is 19.6 Å². The molecule has 0 spiro atoms. The molecule has 122 valence electrons. The number of hydrogen-bond acceptors (Lipinski definition) is 4. The van der Waals surface area contributed by atoms with Gasteiger partial charge in [0.05, 0.1) is 13.1 Å². The van der Waals surface area contributed by atoms with Gasteiger partial charge in [-0.3, -0.25) is 9.69 Å². The summed E-state index contributed by atoms with van der Waals surface area (Å²) in [6.45, 7) is 5.95. The van der Waals surface area contributed by atoms with Gasteiger partial charge < -0.3 is 15.0 Å². The molecule has 0 bridgehead atoms. The van der Waals surface area contributed by atoms with Crippen LogP contribution in [0.4, 0.5) is 4.39 Å². The van der Waals surface area contributed by atoms with Crippen molar-refractivity contribution in [3.63, 3.8) is 0 Å². The Morgan fingerprint density at radius 2 is 2.27 bits per heavy atom. The van der Waals surface area contributed by atoms with Crippen molar-refractivity contribution in [1.29, 1.82) is 0 Å². The lowest BCUT2D eigenvalue weighted by Gasteiger charge is -2.34. The van der Waals surface area contributed by atoms with Crippen LogP contribution >= 0.6 is 0 Å². The number of rotatable bonds is 6. The van der Waals surface area contributed by atoms with Crippen LogP contribution in [-0.2, 0) is 4.79 Å². The maximum atomic E-state index is 13.4. The molecule has 1 aromatic carbocycles. The summed E-state index contributed by atoms with van der Waals surface area (Å²) >= 11 is 0. The molecule has 1 aromatic rings. The number of carbonyl (C=O) groups excluding carboxylic acids is 1. The molecule has 1 N–H and O–H groups in total. The van der Waals surface area contributed by atoms with Crippen LogP contribution in [0.5, 0.6) is 5.75 Å². The van der Waals surface area contributed by atoms with E-state index in [1.807, 2.05) is 0 Å². The van der Waals surface area contributed by atoms with Crippen molar-refractivity contribution in [2.45, 2.75) is 13.0 Å². The van der Waals surface area contributed by atoms with E-state index in [2.05, 4.69) is 17.1 Å². The average Bonchev–Trinajstić information content (AvgIpc) is 2.51. The molecule has 1 saturated heterocycles. The van der Waals surface area contributed by atoms with Gasteiger partial charge in [-0.25, -0.2) is 4.39 Å². The van der Waals surface area contributed by atoms with Gasteiger partial charge in [0.15, 0.2) is 11.6 Å². The van der Waals surface area contributed by atoms with Crippen molar-refractivity contribution in [3.8, 4) is 5.75 Å². The number of likely N-dealkylation sites (N-methyl/N-ethyl adjacent to an activating group) is 1. The van der Waals surface area contributed by atoms with Gasteiger partial charge in [-0.1, -0.05) is 12.1 Å². The van der Waals surface area contributed by atoms with E-state index >= 15 is 0 Å². The van der Waals surface area contributed by atoms with Crippen LogP contribution in [0.1, 0.15) is 6.92 Å². The molecular formula is C16H24FN3O2. The van der Waals surface area contributed by atoms with E-state index in [4.69, 9.17) is 4.74 Å². The average molecular weight is 309 g/mol. The second kappa shape index (κ2) is 8.10. The molecule has 2 rings (SSSR count). The van der Waals surface area contributed by atoms with Crippen LogP contribution in [0, 0.1) is 5.82 Å². The van der Waals surface area contributed by atoms with Crippen LogP contribution in [0.25, 0.3) is 0 Å². The van der Waals surface area contributed by atoms with Crippen molar-refractivity contribution in [2.24, 2.45) is 0 Å². The minimum Gasteiger partial charge on any atom is -0.489 e. The Bertz CT molecular complexity index is 498. The normalized spacial score (nSPS) is 19.0. The van der Waals surface area contributed by atoms with E-state index in [1.54, 1.807) is 30.1 Å². The van der Waals surface area contributed by atoms with E-state index in [0.29, 0.717) is 19.1 Å². The van der Waals surface area contributed by atoms with Gasteiger partial charge in [-0.05, 0) is 19.1 Å². The molecule has 0 aliphatic carbocycles. The Morgan fingerprint density at radius 1 is 1.50 bits per heavy atom. The van der Waals surface area contributed by atoms with Crippen LogP contribution in [-0.4, -0.2) is 68.1 Å². The summed E-state index contributed by atoms with van der Waals surface area (Å²) in [5, 5.41) is 3.30. The van der Waals surface area contributed by atoms with E-state index in [1.165, 1.54) is 6.07 Å². The smallest absolute Gasteiger partial charge is 0.236 e. The predicted molar refractivity (Wildman–Crippen MR) is 83.4 cm³/mol. The van der Waals surface area contributed by atoms with Crippen molar-refractivity contribution in [3.05, 3.63) is 30.1 Å². The number of nitrogens with zero attached hydrogens (tertiary/aromatic N) is 2. The first-order valence-electron chi connectivity index (χ1n) is 7.64. The summed E-state index contributed by atoms with van der Waals surface area (Å²) in [6.07, 6.45) is 0. The van der Waals surface area contributed by atoms with Gasteiger partial charge >= 0.3 is 0 Å². The lowest BCUT2D eigenvalue weighted by atomic mass is 10.2. The first-order chi connectivity index (χ1) is 10.6. The summed E-state index contributed by atoms with van der Waals surface area (Å²) in [7, 11) is 1.75. The number of para-hydroxylation sites is 1. The summed E-state index contributed by atoms with van der Waals surface area (Å²) in [6, 6.07) is 6.64. The topological polar surface area (TPSA) is 44.8 Å². The molecule has 1 heterocycles. The molecular weight excluding hydrogens is 285 g/mol. The van der Waals surface area contributed by atoms with E-state index in [9.17, 15) is 9.18 Å². The number of amides is 1. The fourth-order valence-corrected chi connectivity index (χ4v) is 2.39. The third-order valence-electron chi connectivity index (χ3n) is 3.92. The molecule has 0 unspecified atom stereocenters. The van der Waals surface area contributed by atoms with E-state index in [-0.39, 0.29) is 24.1 Å². The highest BCUT2D eigenvalue weighted by molar-refractivity contribution is 5.78. The minimum atomic E-state index is -0.383. The Balaban J connectivity index is 1.73. The lowest BCUT2D eigenvalue weighted by Crippen LogP contribution is -2.53. The monoisotopic (exact) mass is 309 g/mol. The second-order valence-electron chi connectivity index (χ2n) is 5.62. The zero-order valence-corrected chi connectivity index (χ0v) is 13.2. The molecule has 0 aromatic heterocycles. The van der Waals surface area contributed by atoms with Crippen LogP contribution in [0.2, 0.25) is 0 Å². The number of benzene rings is 1. The maximum absolute atomic E-state index is 13.4. The molecule has 1 atom stereocenters. The van der Waals surface area contributed by atoms with Gasteiger partial charge in [-0.15, -0.1) is 0 Å². The van der Waals surface area contributed by atoms with Crippen molar-refractivity contribution in [2.75, 3.05) is 46.4 Å². The van der Waals surface area contributed by atoms with Gasteiger partial charge in [0.2, 0.25) is 5.91 Å². The predicted octanol–water partition coefficient (Wildman–Crippen LogP) is 0.957. The minimum absolute atomic E-state index is 0.0610. The van der Waals surface area contributed by atoms with Gasteiger partial charge in [0.1, 0.15) is 6.61 Å². The number of nitrogens with one attached hydrogen (secondary N) is 1. The molecule has 1 amide bonds. The summed E-state index contributed by atoms with van der Waals surface area (Å²) < 4.78 is 18.8. The first kappa shape index (κ1) is 16.7. The third-order valence-corrected chi connectivity index (χ3v) is 3.92. The highest BCUT2D eigenvalue weighted by atomic mass is 19.1.